The second-order valence-corrected chi connectivity index (χ2v) is 5.53. The quantitative estimate of drug-likeness (QED) is 0.740. The number of amides is 1. The van der Waals surface area contributed by atoms with Crippen LogP contribution in [0.15, 0.2) is 48.5 Å². The molecular formula is C20H25NO3. The van der Waals surface area contributed by atoms with E-state index in [0.29, 0.717) is 25.4 Å². The summed E-state index contributed by atoms with van der Waals surface area (Å²) in [6, 6.07) is 15.4. The summed E-state index contributed by atoms with van der Waals surface area (Å²) >= 11 is 0. The third-order valence-electron chi connectivity index (χ3n) is 3.85. The SMILES string of the molecule is CCOc1ccc(OCC(=O)N(CC)Cc2ccccc2C)cc1. The van der Waals surface area contributed by atoms with Crippen LogP contribution in [0.25, 0.3) is 0 Å². The lowest BCUT2D eigenvalue weighted by Gasteiger charge is -2.22. The fourth-order valence-electron chi connectivity index (χ4n) is 2.40. The third-order valence-corrected chi connectivity index (χ3v) is 3.85. The van der Waals surface area contributed by atoms with Gasteiger partial charge in [0.25, 0.3) is 5.91 Å². The lowest BCUT2D eigenvalue weighted by atomic mass is 10.1. The first-order valence-electron chi connectivity index (χ1n) is 8.32. The average Bonchev–Trinajstić information content (AvgIpc) is 2.60. The number of hydrogen-bond donors (Lipinski definition) is 0. The van der Waals surface area contributed by atoms with Crippen molar-refractivity contribution in [2.24, 2.45) is 0 Å². The van der Waals surface area contributed by atoms with Crippen molar-refractivity contribution in [3.05, 3.63) is 59.7 Å². The Hall–Kier alpha value is -2.49. The zero-order valence-electron chi connectivity index (χ0n) is 14.6. The van der Waals surface area contributed by atoms with Crippen LogP contribution in [0.1, 0.15) is 25.0 Å². The molecule has 2 rings (SSSR count). The molecule has 0 aromatic heterocycles. The van der Waals surface area contributed by atoms with Crippen LogP contribution in [0.2, 0.25) is 0 Å². The van der Waals surface area contributed by atoms with Crippen molar-refractivity contribution in [3.63, 3.8) is 0 Å². The highest BCUT2D eigenvalue weighted by Gasteiger charge is 2.14. The molecule has 0 heterocycles. The van der Waals surface area contributed by atoms with Crippen LogP contribution in [-0.2, 0) is 11.3 Å². The minimum absolute atomic E-state index is 0.0189. The molecule has 1 amide bonds. The largest absolute Gasteiger partial charge is 0.494 e. The molecular weight excluding hydrogens is 302 g/mol. The van der Waals surface area contributed by atoms with Gasteiger partial charge in [-0.25, -0.2) is 0 Å². The van der Waals surface area contributed by atoms with Gasteiger partial charge in [0.1, 0.15) is 11.5 Å². The zero-order valence-corrected chi connectivity index (χ0v) is 14.6. The standard InChI is InChI=1S/C20H25NO3/c1-4-21(14-17-9-7-6-8-16(17)3)20(22)15-24-19-12-10-18(11-13-19)23-5-2/h6-13H,4-5,14-15H2,1-3H3. The molecule has 4 heteroatoms. The molecule has 0 unspecified atom stereocenters. The Bertz CT molecular complexity index is 652. The third kappa shape index (κ3) is 5.01. The summed E-state index contributed by atoms with van der Waals surface area (Å²) in [4.78, 5) is 14.2. The average molecular weight is 327 g/mol. The Morgan fingerprint density at radius 1 is 0.958 bits per heavy atom. The number of nitrogens with zero attached hydrogens (tertiary/aromatic N) is 1. The molecule has 0 spiro atoms. The molecule has 0 radical (unpaired) electrons. The minimum Gasteiger partial charge on any atom is -0.494 e. The van der Waals surface area contributed by atoms with Crippen LogP contribution in [-0.4, -0.2) is 30.6 Å². The monoisotopic (exact) mass is 327 g/mol. The first-order valence-corrected chi connectivity index (χ1v) is 8.32. The van der Waals surface area contributed by atoms with E-state index in [2.05, 4.69) is 19.1 Å². The Morgan fingerprint density at radius 3 is 2.17 bits per heavy atom. The molecule has 24 heavy (non-hydrogen) atoms. The normalized spacial score (nSPS) is 10.3. The second-order valence-electron chi connectivity index (χ2n) is 5.53. The van der Waals surface area contributed by atoms with Gasteiger partial charge in [-0.2, -0.15) is 0 Å². The van der Waals surface area contributed by atoms with Gasteiger partial charge in [-0.15, -0.1) is 0 Å². The maximum Gasteiger partial charge on any atom is 0.260 e. The highest BCUT2D eigenvalue weighted by Crippen LogP contribution is 2.18. The number of carbonyl (C=O) groups is 1. The van der Waals surface area contributed by atoms with Crippen LogP contribution >= 0.6 is 0 Å². The zero-order chi connectivity index (χ0) is 17.4. The Labute approximate surface area is 144 Å². The minimum atomic E-state index is -0.0189. The molecule has 0 fully saturated rings. The molecule has 4 nitrogen and oxygen atoms in total. The number of carbonyl (C=O) groups excluding carboxylic acids is 1. The first kappa shape index (κ1) is 17.9. The summed E-state index contributed by atoms with van der Waals surface area (Å²) in [5.41, 5.74) is 2.35. The first-order chi connectivity index (χ1) is 11.6. The molecule has 0 saturated carbocycles. The molecule has 0 atom stereocenters. The fraction of sp³-hybridized carbons (Fsp3) is 0.350. The van der Waals surface area contributed by atoms with Gasteiger partial charge in [0.05, 0.1) is 6.61 Å². The Balaban J connectivity index is 1.91. The predicted octanol–water partition coefficient (Wildman–Crippen LogP) is 3.82. The van der Waals surface area contributed by atoms with E-state index in [9.17, 15) is 4.79 Å². The number of likely N-dealkylation sites (N-methyl/N-ethyl adjacent to an activating group) is 1. The molecule has 0 aliphatic carbocycles. The maximum atomic E-state index is 12.4. The van der Waals surface area contributed by atoms with Crippen molar-refractivity contribution in [1.29, 1.82) is 0 Å². The van der Waals surface area contributed by atoms with Crippen LogP contribution in [0.5, 0.6) is 11.5 Å². The van der Waals surface area contributed by atoms with E-state index < -0.39 is 0 Å². The maximum absolute atomic E-state index is 12.4. The molecule has 0 bridgehead atoms. The lowest BCUT2D eigenvalue weighted by molar-refractivity contribution is -0.133. The van der Waals surface area contributed by atoms with Gasteiger partial charge in [-0.05, 0) is 56.2 Å². The van der Waals surface area contributed by atoms with Gasteiger partial charge in [0.2, 0.25) is 0 Å². The van der Waals surface area contributed by atoms with Crippen molar-refractivity contribution in [2.45, 2.75) is 27.3 Å². The highest BCUT2D eigenvalue weighted by molar-refractivity contribution is 5.77. The van der Waals surface area contributed by atoms with E-state index in [1.807, 2.05) is 50.2 Å². The molecule has 2 aromatic carbocycles. The van der Waals surface area contributed by atoms with Crippen molar-refractivity contribution in [1.82, 2.24) is 4.90 Å². The molecule has 0 N–H and O–H groups in total. The van der Waals surface area contributed by atoms with Crippen molar-refractivity contribution in [2.75, 3.05) is 19.8 Å². The van der Waals surface area contributed by atoms with Gasteiger partial charge < -0.3 is 14.4 Å². The number of benzene rings is 2. The summed E-state index contributed by atoms with van der Waals surface area (Å²) in [7, 11) is 0. The van der Waals surface area contributed by atoms with E-state index >= 15 is 0 Å². The highest BCUT2D eigenvalue weighted by atomic mass is 16.5. The molecule has 0 aliphatic rings. The van der Waals surface area contributed by atoms with Gasteiger partial charge in [-0.3, -0.25) is 4.79 Å². The van der Waals surface area contributed by atoms with Gasteiger partial charge in [-0.1, -0.05) is 24.3 Å². The van der Waals surface area contributed by atoms with Crippen LogP contribution < -0.4 is 9.47 Å². The fourth-order valence-corrected chi connectivity index (χ4v) is 2.40. The molecule has 128 valence electrons. The van der Waals surface area contributed by atoms with E-state index in [1.54, 1.807) is 4.90 Å². The van der Waals surface area contributed by atoms with Gasteiger partial charge >= 0.3 is 0 Å². The molecule has 0 aliphatic heterocycles. The van der Waals surface area contributed by atoms with E-state index in [1.165, 1.54) is 5.56 Å². The van der Waals surface area contributed by atoms with Crippen molar-refractivity contribution < 1.29 is 14.3 Å². The van der Waals surface area contributed by atoms with Crippen molar-refractivity contribution in [3.8, 4) is 11.5 Å². The van der Waals surface area contributed by atoms with Crippen LogP contribution in [0, 0.1) is 6.92 Å². The Morgan fingerprint density at radius 2 is 1.58 bits per heavy atom. The molecule has 2 aromatic rings. The van der Waals surface area contributed by atoms with Gasteiger partial charge in [0, 0.05) is 13.1 Å². The second kappa shape index (κ2) is 8.96. The van der Waals surface area contributed by atoms with Gasteiger partial charge in [0.15, 0.2) is 6.61 Å². The van der Waals surface area contributed by atoms with Crippen LogP contribution in [0.3, 0.4) is 0 Å². The Kier molecular flexibility index (Phi) is 6.67. The van der Waals surface area contributed by atoms with E-state index in [0.717, 1.165) is 11.3 Å². The summed E-state index contributed by atoms with van der Waals surface area (Å²) in [5.74, 6) is 1.44. The van der Waals surface area contributed by atoms with E-state index in [-0.39, 0.29) is 12.5 Å². The topological polar surface area (TPSA) is 38.8 Å². The number of rotatable bonds is 8. The smallest absolute Gasteiger partial charge is 0.260 e. The summed E-state index contributed by atoms with van der Waals surface area (Å²) in [5, 5.41) is 0. The van der Waals surface area contributed by atoms with E-state index in [4.69, 9.17) is 9.47 Å². The van der Waals surface area contributed by atoms with Crippen LogP contribution in [0.4, 0.5) is 0 Å². The summed E-state index contributed by atoms with van der Waals surface area (Å²) < 4.78 is 11.0. The number of hydrogen-bond acceptors (Lipinski definition) is 3. The summed E-state index contributed by atoms with van der Waals surface area (Å²) in [6.45, 7) is 7.90. The predicted molar refractivity (Wildman–Crippen MR) is 95.4 cm³/mol. The lowest BCUT2D eigenvalue weighted by Crippen LogP contribution is -2.34. The van der Waals surface area contributed by atoms with Crippen molar-refractivity contribution >= 4 is 5.91 Å². The number of ether oxygens (including phenoxy) is 2. The molecule has 0 saturated heterocycles. The summed E-state index contributed by atoms with van der Waals surface area (Å²) in [6.07, 6.45) is 0. The number of aryl methyl sites for hydroxylation is 1.